The Morgan fingerprint density at radius 3 is 1.97 bits per heavy atom. The third-order valence-corrected chi connectivity index (χ3v) is 4.02. The van der Waals surface area contributed by atoms with Crippen molar-refractivity contribution in [3.63, 3.8) is 0 Å². The Morgan fingerprint density at radius 2 is 1.48 bits per heavy atom. The van der Waals surface area contributed by atoms with Gasteiger partial charge in [-0.2, -0.15) is 0 Å². The highest BCUT2D eigenvalue weighted by molar-refractivity contribution is 5.95. The molecule has 176 valence electrons. The molecule has 0 aromatic carbocycles. The van der Waals surface area contributed by atoms with Crippen molar-refractivity contribution in [3.05, 3.63) is 0 Å². The summed E-state index contributed by atoms with van der Waals surface area (Å²) in [6, 6.07) is -3.33. The zero-order chi connectivity index (χ0) is 24.1. The summed E-state index contributed by atoms with van der Waals surface area (Å²) in [7, 11) is 0. The zero-order valence-corrected chi connectivity index (χ0v) is 17.7. The van der Waals surface area contributed by atoms with Gasteiger partial charge < -0.3 is 44.6 Å². The molecule has 0 bridgehead atoms. The van der Waals surface area contributed by atoms with Crippen molar-refractivity contribution in [2.45, 2.75) is 51.2 Å². The fourth-order valence-electron chi connectivity index (χ4n) is 2.43. The number of aliphatic imine (C=N–C) groups is 1. The van der Waals surface area contributed by atoms with E-state index in [2.05, 4.69) is 20.9 Å². The average Bonchev–Trinajstić information content (AvgIpc) is 2.64. The molecular weight excluding hydrogens is 410 g/mol. The number of carbonyl (C=O) groups is 5. The normalized spacial score (nSPS) is 13.4. The lowest BCUT2D eigenvalue weighted by Gasteiger charge is -2.25. The number of rotatable bonds is 14. The first-order valence-corrected chi connectivity index (χ1v) is 9.61. The number of guanidine groups is 1. The highest BCUT2D eigenvalue weighted by Crippen LogP contribution is 2.06. The van der Waals surface area contributed by atoms with E-state index in [4.69, 9.17) is 28.7 Å². The molecule has 0 aliphatic heterocycles. The summed E-state index contributed by atoms with van der Waals surface area (Å²) in [4.78, 5) is 63.0. The molecule has 5 amide bonds. The molecule has 0 aliphatic carbocycles. The van der Waals surface area contributed by atoms with Crippen molar-refractivity contribution in [2.75, 3.05) is 13.1 Å². The Labute approximate surface area is 180 Å². The van der Waals surface area contributed by atoms with Crippen LogP contribution in [0.2, 0.25) is 0 Å². The van der Waals surface area contributed by atoms with E-state index in [0.717, 1.165) is 0 Å². The third kappa shape index (κ3) is 12.0. The monoisotopic (exact) mass is 443 g/mol. The van der Waals surface area contributed by atoms with E-state index in [0.29, 0.717) is 6.42 Å². The van der Waals surface area contributed by atoms with Crippen LogP contribution in [0.5, 0.6) is 0 Å². The molecule has 14 nitrogen and oxygen atoms in total. The SMILES string of the molecule is CC(C)[C@H](NC(=O)[C@H](CCCN=C(N)N)NC(=O)[C@@H](N)CC(N)=O)C(=O)NCC(N)=O. The van der Waals surface area contributed by atoms with Crippen LogP contribution < -0.4 is 44.6 Å². The van der Waals surface area contributed by atoms with Gasteiger partial charge in [0.2, 0.25) is 29.5 Å². The van der Waals surface area contributed by atoms with E-state index in [-0.39, 0.29) is 24.8 Å². The summed E-state index contributed by atoms with van der Waals surface area (Å²) in [6.45, 7) is 3.17. The number of nitrogens with one attached hydrogen (secondary N) is 3. The van der Waals surface area contributed by atoms with Gasteiger partial charge in [-0.15, -0.1) is 0 Å². The van der Waals surface area contributed by atoms with Crippen molar-refractivity contribution in [1.29, 1.82) is 0 Å². The minimum atomic E-state index is -1.25. The van der Waals surface area contributed by atoms with E-state index in [1.807, 2.05) is 0 Å². The summed E-state index contributed by atoms with van der Waals surface area (Å²) < 4.78 is 0. The van der Waals surface area contributed by atoms with Crippen LogP contribution in [-0.4, -0.2) is 66.7 Å². The average molecular weight is 444 g/mol. The molecule has 0 saturated heterocycles. The summed E-state index contributed by atoms with van der Waals surface area (Å²) in [5, 5.41) is 7.30. The van der Waals surface area contributed by atoms with E-state index < -0.39 is 60.6 Å². The molecular formula is C17H33N9O5. The molecule has 14 heteroatoms. The minimum Gasteiger partial charge on any atom is -0.370 e. The molecule has 0 unspecified atom stereocenters. The Kier molecular flexibility index (Phi) is 12.2. The second kappa shape index (κ2) is 13.7. The largest absolute Gasteiger partial charge is 0.370 e. The Morgan fingerprint density at radius 1 is 0.871 bits per heavy atom. The van der Waals surface area contributed by atoms with Gasteiger partial charge in [0.15, 0.2) is 5.96 Å². The Balaban J connectivity index is 5.31. The van der Waals surface area contributed by atoms with Gasteiger partial charge in [-0.3, -0.25) is 29.0 Å². The van der Waals surface area contributed by atoms with Crippen LogP contribution in [0.1, 0.15) is 33.1 Å². The first kappa shape index (κ1) is 27.6. The number of nitrogens with two attached hydrogens (primary N) is 5. The van der Waals surface area contributed by atoms with Gasteiger partial charge in [0.25, 0.3) is 0 Å². The lowest BCUT2D eigenvalue weighted by molar-refractivity contribution is -0.134. The quantitative estimate of drug-likeness (QED) is 0.0734. The highest BCUT2D eigenvalue weighted by Gasteiger charge is 2.29. The topological polar surface area (TPSA) is 264 Å². The number of nitrogens with zero attached hydrogens (tertiary/aromatic N) is 1. The van der Waals surface area contributed by atoms with Gasteiger partial charge in [-0.05, 0) is 18.8 Å². The second-order valence-corrected chi connectivity index (χ2v) is 7.20. The second-order valence-electron chi connectivity index (χ2n) is 7.20. The van der Waals surface area contributed by atoms with Crippen LogP contribution in [0.3, 0.4) is 0 Å². The standard InChI is InChI=1S/C17H33N9O5/c1-8(2)13(16(31)24-7-12(20)28)26-15(30)10(4-3-5-23-17(21)22)25-14(29)9(18)6-11(19)27/h8-10,13H,3-7,18H2,1-2H3,(H2,19,27)(H2,20,28)(H,24,31)(H,25,29)(H,26,30)(H4,21,22,23)/t9-,10-,13-/m0/s1. The maximum atomic E-state index is 12.8. The predicted octanol–water partition coefficient (Wildman–Crippen LogP) is -4.53. The van der Waals surface area contributed by atoms with Crippen LogP contribution in [-0.2, 0) is 24.0 Å². The van der Waals surface area contributed by atoms with Crippen molar-refractivity contribution in [3.8, 4) is 0 Å². The van der Waals surface area contributed by atoms with Crippen molar-refractivity contribution < 1.29 is 24.0 Å². The van der Waals surface area contributed by atoms with Crippen LogP contribution in [0.25, 0.3) is 0 Å². The molecule has 0 heterocycles. The number of carbonyl (C=O) groups excluding carboxylic acids is 5. The van der Waals surface area contributed by atoms with Gasteiger partial charge in [0.1, 0.15) is 12.1 Å². The fraction of sp³-hybridized carbons (Fsp3) is 0.647. The van der Waals surface area contributed by atoms with Crippen LogP contribution in [0, 0.1) is 5.92 Å². The van der Waals surface area contributed by atoms with Crippen LogP contribution in [0.4, 0.5) is 0 Å². The highest BCUT2D eigenvalue weighted by atomic mass is 16.2. The number of hydrogen-bond acceptors (Lipinski definition) is 7. The summed E-state index contributed by atoms with van der Waals surface area (Å²) >= 11 is 0. The van der Waals surface area contributed by atoms with E-state index in [9.17, 15) is 24.0 Å². The molecule has 0 radical (unpaired) electrons. The van der Waals surface area contributed by atoms with Gasteiger partial charge in [-0.25, -0.2) is 0 Å². The summed E-state index contributed by atoms with van der Waals surface area (Å²) in [5.41, 5.74) is 26.2. The number of hydrogen-bond donors (Lipinski definition) is 8. The van der Waals surface area contributed by atoms with Crippen molar-refractivity contribution in [1.82, 2.24) is 16.0 Å². The predicted molar refractivity (Wildman–Crippen MR) is 113 cm³/mol. The van der Waals surface area contributed by atoms with Crippen molar-refractivity contribution >= 4 is 35.5 Å². The smallest absolute Gasteiger partial charge is 0.243 e. The molecule has 0 aromatic heterocycles. The molecule has 13 N–H and O–H groups in total. The number of primary amides is 2. The molecule has 0 rings (SSSR count). The lowest BCUT2D eigenvalue weighted by atomic mass is 10.0. The summed E-state index contributed by atoms with van der Waals surface area (Å²) in [5.74, 6) is -4.03. The van der Waals surface area contributed by atoms with Crippen molar-refractivity contribution in [2.24, 2.45) is 39.6 Å². The fourth-order valence-corrected chi connectivity index (χ4v) is 2.43. The van der Waals surface area contributed by atoms with Gasteiger partial charge in [0.05, 0.1) is 19.0 Å². The molecule has 0 aliphatic rings. The van der Waals surface area contributed by atoms with Crippen LogP contribution >= 0.6 is 0 Å². The minimum absolute atomic E-state index is 0.116. The van der Waals surface area contributed by atoms with E-state index in [1.54, 1.807) is 13.8 Å². The van der Waals surface area contributed by atoms with E-state index >= 15 is 0 Å². The number of amides is 5. The molecule has 3 atom stereocenters. The summed E-state index contributed by atoms with van der Waals surface area (Å²) in [6.07, 6.45) is 0.0330. The lowest BCUT2D eigenvalue weighted by Crippen LogP contribution is -2.57. The molecule has 0 spiro atoms. The molecule has 31 heavy (non-hydrogen) atoms. The Hall–Kier alpha value is -3.42. The maximum absolute atomic E-state index is 12.8. The molecule has 0 aromatic rings. The van der Waals surface area contributed by atoms with Crippen LogP contribution in [0.15, 0.2) is 4.99 Å². The van der Waals surface area contributed by atoms with Gasteiger partial charge in [0, 0.05) is 6.54 Å². The first-order chi connectivity index (χ1) is 14.3. The van der Waals surface area contributed by atoms with E-state index in [1.165, 1.54) is 0 Å². The third-order valence-electron chi connectivity index (χ3n) is 4.02. The molecule has 0 fully saturated rings. The Bertz CT molecular complexity index is 691. The first-order valence-electron chi connectivity index (χ1n) is 9.61. The van der Waals surface area contributed by atoms with Gasteiger partial charge >= 0.3 is 0 Å². The molecule has 0 saturated carbocycles. The maximum Gasteiger partial charge on any atom is 0.243 e. The van der Waals surface area contributed by atoms with Gasteiger partial charge in [-0.1, -0.05) is 13.8 Å². The zero-order valence-electron chi connectivity index (χ0n) is 17.7.